The van der Waals surface area contributed by atoms with Crippen LogP contribution in [0.3, 0.4) is 0 Å². The summed E-state index contributed by atoms with van der Waals surface area (Å²) in [4.78, 5) is 18.2. The van der Waals surface area contributed by atoms with E-state index in [0.717, 1.165) is 25.0 Å². The van der Waals surface area contributed by atoms with Gasteiger partial charge in [0.25, 0.3) is 5.56 Å². The first kappa shape index (κ1) is 12.3. The number of hydrogen-bond acceptors (Lipinski definition) is 4. The van der Waals surface area contributed by atoms with Gasteiger partial charge in [-0.2, -0.15) is 9.78 Å². The summed E-state index contributed by atoms with van der Waals surface area (Å²) in [5.41, 5.74) is 7.23. The highest BCUT2D eigenvalue weighted by Gasteiger charge is 2.09. The molecular formula is C12H17N5O. The van der Waals surface area contributed by atoms with Gasteiger partial charge in [0.1, 0.15) is 5.82 Å². The van der Waals surface area contributed by atoms with Gasteiger partial charge in [-0.3, -0.25) is 9.78 Å². The first-order valence-corrected chi connectivity index (χ1v) is 6.03. The van der Waals surface area contributed by atoms with Crippen LogP contribution in [0.5, 0.6) is 0 Å². The molecule has 0 aliphatic rings. The first-order valence-electron chi connectivity index (χ1n) is 6.03. The van der Waals surface area contributed by atoms with Crippen molar-refractivity contribution in [3.05, 3.63) is 33.9 Å². The summed E-state index contributed by atoms with van der Waals surface area (Å²) in [6.45, 7) is 3.89. The van der Waals surface area contributed by atoms with Crippen molar-refractivity contribution < 1.29 is 0 Å². The summed E-state index contributed by atoms with van der Waals surface area (Å²) in [5, 5.41) is 4.36. The summed E-state index contributed by atoms with van der Waals surface area (Å²) < 4.78 is 1.47. The van der Waals surface area contributed by atoms with Gasteiger partial charge in [-0.1, -0.05) is 13.3 Å². The zero-order valence-corrected chi connectivity index (χ0v) is 10.6. The Bertz CT molecular complexity index is 599. The maximum Gasteiger partial charge on any atom is 0.252 e. The Balaban J connectivity index is 2.38. The van der Waals surface area contributed by atoms with Crippen LogP contribution in [0.1, 0.15) is 31.2 Å². The molecule has 2 heterocycles. The average molecular weight is 247 g/mol. The Morgan fingerprint density at radius 2 is 2.22 bits per heavy atom. The van der Waals surface area contributed by atoms with Crippen LogP contribution in [0, 0.1) is 6.92 Å². The average Bonchev–Trinajstić information content (AvgIpc) is 2.66. The first-order chi connectivity index (χ1) is 8.60. The molecule has 0 aromatic carbocycles. The maximum absolute atomic E-state index is 11.4. The summed E-state index contributed by atoms with van der Waals surface area (Å²) in [6.07, 6.45) is 3.05. The predicted molar refractivity (Wildman–Crippen MR) is 69.7 cm³/mol. The van der Waals surface area contributed by atoms with E-state index in [1.807, 2.05) is 6.07 Å². The molecule has 0 fully saturated rings. The number of unbranched alkanes of at least 4 members (excludes halogenated alkanes) is 1. The minimum absolute atomic E-state index is 0.206. The number of anilines is 1. The molecule has 6 nitrogen and oxygen atoms in total. The van der Waals surface area contributed by atoms with Crippen molar-refractivity contribution in [3.63, 3.8) is 0 Å². The summed E-state index contributed by atoms with van der Waals surface area (Å²) in [5.74, 6) is 0.843. The van der Waals surface area contributed by atoms with Gasteiger partial charge >= 0.3 is 0 Å². The number of aryl methyl sites for hydroxylation is 2. The lowest BCUT2D eigenvalue weighted by Gasteiger charge is -2.02. The molecule has 0 aliphatic carbocycles. The zero-order chi connectivity index (χ0) is 13.1. The molecule has 0 saturated heterocycles. The molecule has 0 aliphatic heterocycles. The van der Waals surface area contributed by atoms with E-state index in [1.165, 1.54) is 10.7 Å². The summed E-state index contributed by atoms with van der Waals surface area (Å²) in [6, 6.07) is 3.25. The van der Waals surface area contributed by atoms with E-state index in [4.69, 9.17) is 5.73 Å². The van der Waals surface area contributed by atoms with Crippen molar-refractivity contribution in [1.82, 2.24) is 19.7 Å². The number of rotatable bonds is 4. The second-order valence-corrected chi connectivity index (χ2v) is 4.29. The number of nitrogens with zero attached hydrogens (tertiary/aromatic N) is 3. The second-order valence-electron chi connectivity index (χ2n) is 4.29. The van der Waals surface area contributed by atoms with Gasteiger partial charge in [0.2, 0.25) is 5.95 Å². The van der Waals surface area contributed by atoms with Crippen molar-refractivity contribution >= 4 is 5.82 Å². The van der Waals surface area contributed by atoms with Crippen molar-refractivity contribution in [2.45, 2.75) is 33.1 Å². The number of nitrogens with one attached hydrogen (secondary N) is 1. The minimum atomic E-state index is -0.206. The van der Waals surface area contributed by atoms with Crippen LogP contribution in [0.15, 0.2) is 16.9 Å². The Morgan fingerprint density at radius 3 is 2.89 bits per heavy atom. The van der Waals surface area contributed by atoms with E-state index in [2.05, 4.69) is 22.0 Å². The van der Waals surface area contributed by atoms with Crippen LogP contribution in [0.4, 0.5) is 5.82 Å². The number of H-pyrrole nitrogens is 1. The molecule has 0 radical (unpaired) electrons. The Hall–Kier alpha value is -2.11. The van der Waals surface area contributed by atoms with Gasteiger partial charge in [-0.15, -0.1) is 0 Å². The standard InChI is InChI=1S/C12H17N5O/c1-3-4-5-9-7-10(13)17(16-9)12-14-8(2)6-11(18)15-12/h6-7H,3-5,13H2,1-2H3,(H,14,15,18). The van der Waals surface area contributed by atoms with E-state index < -0.39 is 0 Å². The molecule has 0 atom stereocenters. The van der Waals surface area contributed by atoms with Gasteiger partial charge in [0.15, 0.2) is 0 Å². The van der Waals surface area contributed by atoms with E-state index in [-0.39, 0.29) is 5.56 Å². The van der Waals surface area contributed by atoms with Gasteiger partial charge in [-0.05, 0) is 19.8 Å². The topological polar surface area (TPSA) is 89.6 Å². The fourth-order valence-corrected chi connectivity index (χ4v) is 1.76. The third kappa shape index (κ3) is 2.58. The van der Waals surface area contributed by atoms with Crippen LogP contribution in [-0.2, 0) is 6.42 Å². The van der Waals surface area contributed by atoms with Crippen LogP contribution in [0.2, 0.25) is 0 Å². The van der Waals surface area contributed by atoms with Gasteiger partial charge in [0.05, 0.1) is 5.69 Å². The molecule has 2 aromatic heterocycles. The highest BCUT2D eigenvalue weighted by atomic mass is 16.1. The third-order valence-corrected chi connectivity index (χ3v) is 2.63. The number of aromatic amines is 1. The fraction of sp³-hybridized carbons (Fsp3) is 0.417. The quantitative estimate of drug-likeness (QED) is 0.849. The lowest BCUT2D eigenvalue weighted by atomic mass is 10.2. The van der Waals surface area contributed by atoms with Crippen molar-refractivity contribution in [2.75, 3.05) is 5.73 Å². The molecule has 2 rings (SSSR count). The molecule has 6 heteroatoms. The van der Waals surface area contributed by atoms with Crippen LogP contribution >= 0.6 is 0 Å². The minimum Gasteiger partial charge on any atom is -0.383 e. The zero-order valence-electron chi connectivity index (χ0n) is 10.6. The Morgan fingerprint density at radius 1 is 1.44 bits per heavy atom. The van der Waals surface area contributed by atoms with Gasteiger partial charge in [0, 0.05) is 17.8 Å². The van der Waals surface area contributed by atoms with Crippen molar-refractivity contribution in [3.8, 4) is 5.95 Å². The van der Waals surface area contributed by atoms with Crippen molar-refractivity contribution in [1.29, 1.82) is 0 Å². The molecule has 0 bridgehead atoms. The molecule has 0 unspecified atom stereocenters. The smallest absolute Gasteiger partial charge is 0.252 e. The molecule has 96 valence electrons. The molecule has 0 saturated carbocycles. The summed E-state index contributed by atoms with van der Waals surface area (Å²) >= 11 is 0. The van der Waals surface area contributed by atoms with Gasteiger partial charge in [-0.25, -0.2) is 4.98 Å². The number of aromatic nitrogens is 4. The number of nitrogens with two attached hydrogens (primary N) is 1. The van der Waals surface area contributed by atoms with Crippen molar-refractivity contribution in [2.24, 2.45) is 0 Å². The van der Waals surface area contributed by atoms with Crippen LogP contribution < -0.4 is 11.3 Å². The largest absolute Gasteiger partial charge is 0.383 e. The summed E-state index contributed by atoms with van der Waals surface area (Å²) in [7, 11) is 0. The molecule has 3 N–H and O–H groups in total. The fourth-order valence-electron chi connectivity index (χ4n) is 1.76. The number of hydrogen-bond donors (Lipinski definition) is 2. The van der Waals surface area contributed by atoms with Crippen LogP contribution in [0.25, 0.3) is 5.95 Å². The predicted octanol–water partition coefficient (Wildman–Crippen LogP) is 1.19. The highest BCUT2D eigenvalue weighted by Crippen LogP contribution is 2.12. The normalized spacial score (nSPS) is 10.8. The van der Waals surface area contributed by atoms with Crippen LogP contribution in [-0.4, -0.2) is 19.7 Å². The molecule has 0 spiro atoms. The molecule has 2 aromatic rings. The monoisotopic (exact) mass is 247 g/mol. The van der Waals surface area contributed by atoms with E-state index in [9.17, 15) is 4.79 Å². The van der Waals surface area contributed by atoms with E-state index in [1.54, 1.807) is 6.92 Å². The van der Waals surface area contributed by atoms with E-state index in [0.29, 0.717) is 17.5 Å². The lowest BCUT2D eigenvalue weighted by molar-refractivity contribution is 0.735. The Kier molecular flexibility index (Phi) is 3.45. The molecular weight excluding hydrogens is 230 g/mol. The molecule has 18 heavy (non-hydrogen) atoms. The Labute approximate surface area is 105 Å². The molecule has 0 amide bonds. The maximum atomic E-state index is 11.4. The highest BCUT2D eigenvalue weighted by molar-refractivity contribution is 5.36. The van der Waals surface area contributed by atoms with Gasteiger partial charge < -0.3 is 5.73 Å². The third-order valence-electron chi connectivity index (χ3n) is 2.63. The second kappa shape index (κ2) is 5.03. The SMILES string of the molecule is CCCCc1cc(N)n(-c2nc(C)cc(=O)[nH]2)n1. The van der Waals surface area contributed by atoms with E-state index >= 15 is 0 Å². The lowest BCUT2D eigenvalue weighted by Crippen LogP contribution is -2.15. The number of nitrogen functional groups attached to an aromatic ring is 1.